The van der Waals surface area contributed by atoms with Gasteiger partial charge in [-0.1, -0.05) is 69.3 Å². The summed E-state index contributed by atoms with van der Waals surface area (Å²) in [6, 6.07) is 15.8. The Balaban J connectivity index is 2.42. The SMILES string of the molecule is CCSC(C(=O)OCCN(CC)CC)(c1ccccc1)c1ccccc1F. The lowest BCUT2D eigenvalue weighted by Crippen LogP contribution is -2.38. The van der Waals surface area contributed by atoms with Gasteiger partial charge in [0.05, 0.1) is 0 Å². The van der Waals surface area contributed by atoms with E-state index in [4.69, 9.17) is 4.74 Å². The van der Waals surface area contributed by atoms with Crippen LogP contribution in [0.3, 0.4) is 0 Å². The molecule has 0 heterocycles. The minimum atomic E-state index is -1.22. The first kappa shape index (κ1) is 21.5. The van der Waals surface area contributed by atoms with Crippen molar-refractivity contribution in [3.8, 4) is 0 Å². The first-order valence-electron chi connectivity index (χ1n) is 9.44. The third kappa shape index (κ3) is 4.90. The molecule has 0 saturated heterocycles. The molecule has 0 amide bonds. The zero-order valence-electron chi connectivity index (χ0n) is 16.3. The molecular weight excluding hydrogens is 361 g/mol. The van der Waals surface area contributed by atoms with E-state index in [1.54, 1.807) is 18.2 Å². The minimum Gasteiger partial charge on any atom is -0.463 e. The quantitative estimate of drug-likeness (QED) is 0.551. The summed E-state index contributed by atoms with van der Waals surface area (Å²) in [5.74, 6) is -0.172. The Bertz CT molecular complexity index is 721. The molecule has 2 rings (SSSR count). The molecule has 2 aromatic rings. The number of nitrogens with zero attached hydrogens (tertiary/aromatic N) is 1. The van der Waals surface area contributed by atoms with Crippen LogP contribution in [0.5, 0.6) is 0 Å². The molecule has 2 aromatic carbocycles. The van der Waals surface area contributed by atoms with Gasteiger partial charge in [-0.15, -0.1) is 11.8 Å². The van der Waals surface area contributed by atoms with Crippen molar-refractivity contribution in [1.29, 1.82) is 0 Å². The van der Waals surface area contributed by atoms with Gasteiger partial charge in [0.25, 0.3) is 0 Å². The number of thioether (sulfide) groups is 1. The standard InChI is InChI=1S/C22H28FNO2S/c1-4-24(5-2)16-17-26-21(25)22(27-6-3,18-12-8-7-9-13-18)19-14-10-11-15-20(19)23/h7-15H,4-6,16-17H2,1-3H3. The van der Waals surface area contributed by atoms with Crippen molar-refractivity contribution in [1.82, 2.24) is 4.90 Å². The summed E-state index contributed by atoms with van der Waals surface area (Å²) in [5, 5.41) is 0. The van der Waals surface area contributed by atoms with Gasteiger partial charge in [-0.3, -0.25) is 0 Å². The van der Waals surface area contributed by atoms with Gasteiger partial charge in [0.2, 0.25) is 0 Å². The average molecular weight is 390 g/mol. The van der Waals surface area contributed by atoms with E-state index in [-0.39, 0.29) is 6.61 Å². The van der Waals surface area contributed by atoms with Crippen molar-refractivity contribution in [3.63, 3.8) is 0 Å². The maximum Gasteiger partial charge on any atom is 0.331 e. The highest BCUT2D eigenvalue weighted by atomic mass is 32.2. The number of ether oxygens (including phenoxy) is 1. The molecule has 0 aliphatic carbocycles. The fraction of sp³-hybridized carbons (Fsp3) is 0.409. The van der Waals surface area contributed by atoms with Crippen LogP contribution in [0.4, 0.5) is 4.39 Å². The van der Waals surface area contributed by atoms with Crippen molar-refractivity contribution in [2.24, 2.45) is 0 Å². The van der Waals surface area contributed by atoms with Crippen LogP contribution >= 0.6 is 11.8 Å². The number of hydrogen-bond donors (Lipinski definition) is 0. The van der Waals surface area contributed by atoms with E-state index < -0.39 is 16.5 Å². The lowest BCUT2D eigenvalue weighted by Gasteiger charge is -2.32. The molecule has 0 aliphatic rings. The van der Waals surface area contributed by atoms with Crippen molar-refractivity contribution in [3.05, 3.63) is 71.5 Å². The second-order valence-corrected chi connectivity index (χ2v) is 7.60. The molecule has 0 aliphatic heterocycles. The molecule has 0 N–H and O–H groups in total. The highest BCUT2D eigenvalue weighted by molar-refractivity contribution is 8.01. The lowest BCUT2D eigenvalue weighted by atomic mass is 9.89. The fourth-order valence-corrected chi connectivity index (χ4v) is 4.38. The van der Waals surface area contributed by atoms with E-state index in [0.717, 1.165) is 18.7 Å². The summed E-state index contributed by atoms with van der Waals surface area (Å²) in [4.78, 5) is 15.5. The normalized spacial score (nSPS) is 13.4. The molecule has 27 heavy (non-hydrogen) atoms. The zero-order valence-corrected chi connectivity index (χ0v) is 17.1. The molecule has 146 valence electrons. The summed E-state index contributed by atoms with van der Waals surface area (Å²) in [7, 11) is 0. The number of likely N-dealkylation sites (N-methyl/N-ethyl adjacent to an activating group) is 1. The number of rotatable bonds is 10. The molecule has 5 heteroatoms. The highest BCUT2D eigenvalue weighted by Gasteiger charge is 2.45. The first-order chi connectivity index (χ1) is 13.1. The van der Waals surface area contributed by atoms with Gasteiger partial charge in [-0.25, -0.2) is 9.18 Å². The van der Waals surface area contributed by atoms with Gasteiger partial charge in [0.15, 0.2) is 4.75 Å². The van der Waals surface area contributed by atoms with Gasteiger partial charge >= 0.3 is 5.97 Å². The molecule has 0 fully saturated rings. The largest absolute Gasteiger partial charge is 0.463 e. The number of carbonyl (C=O) groups is 1. The predicted molar refractivity (Wildman–Crippen MR) is 111 cm³/mol. The summed E-state index contributed by atoms with van der Waals surface area (Å²) in [5.41, 5.74) is 1.07. The van der Waals surface area contributed by atoms with Crippen molar-refractivity contribution < 1.29 is 13.9 Å². The average Bonchev–Trinajstić information content (AvgIpc) is 2.70. The molecular formula is C22H28FNO2S. The highest BCUT2D eigenvalue weighted by Crippen LogP contribution is 2.45. The Morgan fingerprint density at radius 1 is 1.04 bits per heavy atom. The Morgan fingerprint density at radius 3 is 2.26 bits per heavy atom. The Labute approximate surface area is 165 Å². The van der Waals surface area contributed by atoms with Crippen molar-refractivity contribution in [2.75, 3.05) is 32.0 Å². The van der Waals surface area contributed by atoms with Gasteiger partial charge in [-0.05, 0) is 30.5 Å². The smallest absolute Gasteiger partial charge is 0.331 e. The zero-order chi connectivity index (χ0) is 19.7. The van der Waals surface area contributed by atoms with Gasteiger partial charge in [0.1, 0.15) is 12.4 Å². The number of hydrogen-bond acceptors (Lipinski definition) is 4. The predicted octanol–water partition coefficient (Wildman–Crippen LogP) is 4.71. The number of halogens is 1. The second kappa shape index (κ2) is 10.5. The molecule has 0 aromatic heterocycles. The van der Waals surface area contributed by atoms with E-state index >= 15 is 0 Å². The van der Waals surface area contributed by atoms with Crippen LogP contribution in [-0.4, -0.2) is 42.9 Å². The fourth-order valence-electron chi connectivity index (χ4n) is 3.15. The topological polar surface area (TPSA) is 29.5 Å². The van der Waals surface area contributed by atoms with Gasteiger partial charge < -0.3 is 9.64 Å². The second-order valence-electron chi connectivity index (χ2n) is 6.12. The van der Waals surface area contributed by atoms with E-state index in [1.807, 2.05) is 37.3 Å². The van der Waals surface area contributed by atoms with Crippen LogP contribution in [0.15, 0.2) is 54.6 Å². The summed E-state index contributed by atoms with van der Waals surface area (Å²) < 4.78 is 19.3. The third-order valence-electron chi connectivity index (χ3n) is 4.62. The lowest BCUT2D eigenvalue weighted by molar-refractivity contribution is -0.146. The summed E-state index contributed by atoms with van der Waals surface area (Å²) in [6.45, 7) is 8.86. The Morgan fingerprint density at radius 2 is 1.67 bits per heavy atom. The Hall–Kier alpha value is -1.85. The molecule has 0 radical (unpaired) electrons. The maximum atomic E-state index is 14.8. The van der Waals surface area contributed by atoms with E-state index in [1.165, 1.54) is 17.8 Å². The van der Waals surface area contributed by atoms with Crippen LogP contribution in [0.25, 0.3) is 0 Å². The van der Waals surface area contributed by atoms with Crippen molar-refractivity contribution in [2.45, 2.75) is 25.5 Å². The summed E-state index contributed by atoms with van der Waals surface area (Å²) >= 11 is 1.39. The molecule has 1 atom stereocenters. The molecule has 3 nitrogen and oxygen atoms in total. The van der Waals surface area contributed by atoms with Crippen LogP contribution < -0.4 is 0 Å². The maximum absolute atomic E-state index is 14.8. The van der Waals surface area contributed by atoms with Crippen LogP contribution in [0, 0.1) is 5.82 Å². The number of carbonyl (C=O) groups excluding carboxylic acids is 1. The first-order valence-corrected chi connectivity index (χ1v) is 10.4. The van der Waals surface area contributed by atoms with Gasteiger partial charge in [0, 0.05) is 12.1 Å². The van der Waals surface area contributed by atoms with Crippen LogP contribution in [0.1, 0.15) is 31.9 Å². The molecule has 1 unspecified atom stereocenters. The van der Waals surface area contributed by atoms with Crippen LogP contribution in [-0.2, 0) is 14.3 Å². The molecule has 0 spiro atoms. The van der Waals surface area contributed by atoms with Crippen molar-refractivity contribution >= 4 is 17.7 Å². The number of esters is 1. The minimum absolute atomic E-state index is 0.286. The van der Waals surface area contributed by atoms with E-state index in [9.17, 15) is 9.18 Å². The van der Waals surface area contributed by atoms with E-state index in [0.29, 0.717) is 17.9 Å². The monoisotopic (exact) mass is 389 g/mol. The number of benzene rings is 2. The Kier molecular flexibility index (Phi) is 8.32. The van der Waals surface area contributed by atoms with E-state index in [2.05, 4.69) is 18.7 Å². The summed E-state index contributed by atoms with van der Waals surface area (Å²) in [6.07, 6.45) is 0. The third-order valence-corrected chi connectivity index (χ3v) is 5.96. The van der Waals surface area contributed by atoms with Gasteiger partial charge in [-0.2, -0.15) is 0 Å². The van der Waals surface area contributed by atoms with Crippen LogP contribution in [0.2, 0.25) is 0 Å². The molecule has 0 saturated carbocycles. The molecule has 0 bridgehead atoms.